The lowest BCUT2D eigenvalue weighted by Crippen LogP contribution is -2.31. The summed E-state index contributed by atoms with van der Waals surface area (Å²) in [5, 5.41) is 5.72. The summed E-state index contributed by atoms with van der Waals surface area (Å²) < 4.78 is 0. The molecule has 0 atom stereocenters. The molecule has 0 aliphatic rings. The van der Waals surface area contributed by atoms with E-state index in [1.54, 1.807) is 12.0 Å². The Morgan fingerprint density at radius 1 is 1.70 bits per heavy atom. The van der Waals surface area contributed by atoms with Gasteiger partial charge in [-0.05, 0) is 19.0 Å². The highest BCUT2D eigenvalue weighted by Crippen LogP contribution is 1.86. The van der Waals surface area contributed by atoms with Crippen LogP contribution in [0.15, 0.2) is 5.10 Å². The van der Waals surface area contributed by atoms with Crippen LogP contribution in [0.25, 0.3) is 0 Å². The molecule has 0 rings (SSSR count). The largest absolute Gasteiger partial charge is 0.231 e. The third-order valence-electron chi connectivity index (χ3n) is 0.972. The first kappa shape index (κ1) is 9.49. The van der Waals surface area contributed by atoms with E-state index in [1.807, 2.05) is 7.05 Å². The molecular weight excluding hydrogens is 125 g/mol. The van der Waals surface area contributed by atoms with E-state index in [2.05, 4.69) is 17.5 Å². The number of nitrogens with one attached hydrogen (secondary N) is 1. The normalized spacial score (nSPS) is 11.7. The fourth-order valence-corrected chi connectivity index (χ4v) is 0.614. The topological polar surface area (TPSA) is 27.6 Å². The number of hydrogen-bond acceptors (Lipinski definition) is 3. The zero-order chi connectivity index (χ0) is 7.98. The summed E-state index contributed by atoms with van der Waals surface area (Å²) >= 11 is 0. The molecule has 0 fully saturated rings. The van der Waals surface area contributed by atoms with Crippen LogP contribution in [0.3, 0.4) is 0 Å². The van der Waals surface area contributed by atoms with Crippen molar-refractivity contribution in [3.05, 3.63) is 0 Å². The highest BCUT2D eigenvalue weighted by atomic mass is 15.7. The molecule has 0 unspecified atom stereocenters. The molecule has 0 aromatic carbocycles. The summed E-state index contributed by atoms with van der Waals surface area (Å²) in [5.74, 6) is 0. The van der Waals surface area contributed by atoms with Crippen LogP contribution in [0, 0.1) is 0 Å². The molecule has 3 nitrogen and oxygen atoms in total. The lowest BCUT2D eigenvalue weighted by molar-refractivity contribution is 0.219. The molecule has 0 aromatic heterocycles. The van der Waals surface area contributed by atoms with Gasteiger partial charge in [-0.3, -0.25) is 0 Å². The SMILES string of the molecule is [B]C(C)=NN(CCC)NC. The fraction of sp³-hybridized carbons (Fsp3) is 0.833. The second kappa shape index (κ2) is 5.29. The first-order valence-corrected chi connectivity index (χ1v) is 3.46. The lowest BCUT2D eigenvalue weighted by Gasteiger charge is -2.16. The minimum atomic E-state index is 0.572. The van der Waals surface area contributed by atoms with Crippen molar-refractivity contribution in [2.45, 2.75) is 20.3 Å². The van der Waals surface area contributed by atoms with Gasteiger partial charge in [0.1, 0.15) is 7.85 Å². The first-order valence-electron chi connectivity index (χ1n) is 3.46. The number of rotatable bonds is 4. The first-order chi connectivity index (χ1) is 4.70. The third kappa shape index (κ3) is 4.38. The lowest BCUT2D eigenvalue weighted by atomic mass is 10.1. The molecule has 0 aromatic rings. The molecule has 0 bridgehead atoms. The average molecular weight is 139 g/mol. The highest BCUT2D eigenvalue weighted by molar-refractivity contribution is 6.58. The summed E-state index contributed by atoms with van der Waals surface area (Å²) in [6, 6.07) is 0. The molecule has 4 heteroatoms. The van der Waals surface area contributed by atoms with Gasteiger partial charge in [0.25, 0.3) is 0 Å². The summed E-state index contributed by atoms with van der Waals surface area (Å²) in [6.07, 6.45) is 1.05. The van der Waals surface area contributed by atoms with Crippen molar-refractivity contribution in [3.8, 4) is 0 Å². The van der Waals surface area contributed by atoms with Crippen LogP contribution in [0.5, 0.6) is 0 Å². The summed E-state index contributed by atoms with van der Waals surface area (Å²) in [7, 11) is 7.19. The van der Waals surface area contributed by atoms with E-state index in [9.17, 15) is 0 Å². The van der Waals surface area contributed by atoms with E-state index in [-0.39, 0.29) is 0 Å². The summed E-state index contributed by atoms with van der Waals surface area (Å²) in [4.78, 5) is 0. The van der Waals surface area contributed by atoms with E-state index in [4.69, 9.17) is 7.85 Å². The molecule has 1 N–H and O–H groups in total. The molecule has 0 spiro atoms. The van der Waals surface area contributed by atoms with Gasteiger partial charge < -0.3 is 0 Å². The van der Waals surface area contributed by atoms with Crippen LogP contribution >= 0.6 is 0 Å². The van der Waals surface area contributed by atoms with Crippen molar-refractivity contribution in [1.29, 1.82) is 0 Å². The maximum Gasteiger partial charge on any atom is 0.137 e. The van der Waals surface area contributed by atoms with E-state index in [1.165, 1.54) is 0 Å². The minimum Gasteiger partial charge on any atom is -0.231 e. The van der Waals surface area contributed by atoms with Crippen LogP contribution in [0.2, 0.25) is 0 Å². The molecular formula is C6H14BN3. The molecule has 0 saturated carbocycles. The van der Waals surface area contributed by atoms with Crippen LogP contribution in [0.1, 0.15) is 20.3 Å². The Kier molecular flexibility index (Phi) is 5.03. The standard InChI is InChI=1S/C6H14BN3/c1-4-5-10(8-3)9-6(2)7/h8H,4-5H2,1-3H3. The number of nitrogens with zero attached hydrogens (tertiary/aromatic N) is 2. The Labute approximate surface area is 63.9 Å². The van der Waals surface area contributed by atoms with Gasteiger partial charge in [-0.2, -0.15) is 5.10 Å². The van der Waals surface area contributed by atoms with Crippen molar-refractivity contribution >= 4 is 13.5 Å². The Bertz CT molecular complexity index is 110. The van der Waals surface area contributed by atoms with Crippen molar-refractivity contribution < 1.29 is 0 Å². The number of hydrazone groups is 1. The maximum absolute atomic E-state index is 5.37. The van der Waals surface area contributed by atoms with Crippen LogP contribution in [0.4, 0.5) is 0 Å². The van der Waals surface area contributed by atoms with E-state index < -0.39 is 0 Å². The second-order valence-electron chi connectivity index (χ2n) is 2.09. The van der Waals surface area contributed by atoms with Gasteiger partial charge in [-0.25, -0.2) is 10.5 Å². The predicted octanol–water partition coefficient (Wildman–Crippen LogP) is 0.335. The van der Waals surface area contributed by atoms with E-state index in [0.29, 0.717) is 5.61 Å². The highest BCUT2D eigenvalue weighted by Gasteiger charge is 1.92. The number of hydrogen-bond donors (Lipinski definition) is 1. The average Bonchev–Trinajstić information content (AvgIpc) is 1.86. The van der Waals surface area contributed by atoms with Crippen LogP contribution in [-0.4, -0.2) is 32.2 Å². The Morgan fingerprint density at radius 2 is 2.30 bits per heavy atom. The predicted molar refractivity (Wildman–Crippen MR) is 44.9 cm³/mol. The smallest absolute Gasteiger partial charge is 0.137 e. The van der Waals surface area contributed by atoms with E-state index in [0.717, 1.165) is 13.0 Å². The van der Waals surface area contributed by atoms with Crippen LogP contribution in [-0.2, 0) is 0 Å². The van der Waals surface area contributed by atoms with Gasteiger partial charge in [0.2, 0.25) is 0 Å². The quantitative estimate of drug-likeness (QED) is 0.345. The Hall–Kier alpha value is -0.505. The molecule has 10 heavy (non-hydrogen) atoms. The van der Waals surface area contributed by atoms with Gasteiger partial charge in [0.15, 0.2) is 0 Å². The van der Waals surface area contributed by atoms with E-state index >= 15 is 0 Å². The van der Waals surface area contributed by atoms with Gasteiger partial charge in [0, 0.05) is 7.05 Å². The Balaban J connectivity index is 3.71. The number of hydrazine groups is 1. The van der Waals surface area contributed by atoms with Crippen LogP contribution < -0.4 is 5.43 Å². The van der Waals surface area contributed by atoms with Crippen molar-refractivity contribution in [1.82, 2.24) is 10.5 Å². The molecule has 0 saturated heterocycles. The second-order valence-corrected chi connectivity index (χ2v) is 2.09. The Morgan fingerprint density at radius 3 is 2.60 bits per heavy atom. The fourth-order valence-electron chi connectivity index (χ4n) is 0.614. The van der Waals surface area contributed by atoms with Gasteiger partial charge in [0.05, 0.1) is 6.54 Å². The molecule has 56 valence electrons. The third-order valence-corrected chi connectivity index (χ3v) is 0.972. The van der Waals surface area contributed by atoms with Gasteiger partial charge in [-0.15, -0.1) is 0 Å². The minimum absolute atomic E-state index is 0.572. The maximum atomic E-state index is 5.37. The zero-order valence-corrected chi connectivity index (χ0v) is 6.89. The monoisotopic (exact) mass is 139 g/mol. The van der Waals surface area contributed by atoms with Gasteiger partial charge >= 0.3 is 0 Å². The summed E-state index contributed by atoms with van der Waals surface area (Å²) in [5.41, 5.74) is 3.47. The van der Waals surface area contributed by atoms with Crippen molar-refractivity contribution in [3.63, 3.8) is 0 Å². The van der Waals surface area contributed by atoms with Crippen molar-refractivity contribution in [2.75, 3.05) is 13.6 Å². The molecule has 0 amide bonds. The molecule has 0 heterocycles. The molecule has 0 aliphatic carbocycles. The van der Waals surface area contributed by atoms with Gasteiger partial charge in [-0.1, -0.05) is 6.92 Å². The van der Waals surface area contributed by atoms with Crippen molar-refractivity contribution in [2.24, 2.45) is 5.10 Å². The zero-order valence-electron chi connectivity index (χ0n) is 6.89. The molecule has 0 aliphatic heterocycles. The molecule has 2 radical (unpaired) electrons. The summed E-state index contributed by atoms with van der Waals surface area (Å²) in [6.45, 7) is 4.73.